The fraction of sp³-hybridized carbons (Fsp3) is 0.192. The van der Waals surface area contributed by atoms with Crippen molar-refractivity contribution < 1.29 is 29.7 Å². The van der Waals surface area contributed by atoms with Crippen LogP contribution in [0.3, 0.4) is 0 Å². The normalized spacial score (nSPS) is 14.4. The number of carboxylic acid groups (broad SMARTS) is 2. The molecule has 1 unspecified atom stereocenters. The lowest BCUT2D eigenvalue weighted by Crippen LogP contribution is -2.56. The second-order valence-corrected chi connectivity index (χ2v) is 8.26. The maximum Gasteiger partial charge on any atom is 0.336 e. The first-order valence-electron chi connectivity index (χ1n) is 10.6. The lowest BCUT2D eigenvalue weighted by molar-refractivity contribution is -0.162. The van der Waals surface area contributed by atoms with Crippen LogP contribution >= 0.6 is 0 Å². The van der Waals surface area contributed by atoms with E-state index < -0.39 is 42.0 Å². The number of urea groups is 1. The van der Waals surface area contributed by atoms with Gasteiger partial charge in [0.05, 0.1) is 12.0 Å². The molecule has 0 heterocycles. The molecule has 0 aliphatic rings. The lowest BCUT2D eigenvalue weighted by atomic mass is 9.74. The Morgan fingerprint density at radius 2 is 1.32 bits per heavy atom. The Labute approximate surface area is 196 Å². The monoisotopic (exact) mass is 462 g/mol. The number of aliphatic hydroxyl groups is 1. The van der Waals surface area contributed by atoms with E-state index >= 15 is 0 Å². The van der Waals surface area contributed by atoms with Crippen LogP contribution < -0.4 is 11.1 Å². The highest BCUT2D eigenvalue weighted by Crippen LogP contribution is 2.37. The number of hydrogen-bond donors (Lipinski definition) is 5. The fourth-order valence-corrected chi connectivity index (χ4v) is 4.18. The van der Waals surface area contributed by atoms with Gasteiger partial charge in [0.25, 0.3) is 0 Å². The van der Waals surface area contributed by atoms with Crippen LogP contribution in [0.2, 0.25) is 0 Å². The van der Waals surface area contributed by atoms with Crippen molar-refractivity contribution in [3.05, 3.63) is 96.1 Å². The first kappa shape index (κ1) is 24.5. The highest BCUT2D eigenvalue weighted by Gasteiger charge is 2.48. The molecule has 6 N–H and O–H groups in total. The molecule has 3 rings (SSSR count). The zero-order valence-electron chi connectivity index (χ0n) is 18.3. The molecular formula is C26H26N2O6. The molecule has 0 bridgehead atoms. The van der Waals surface area contributed by atoms with Crippen LogP contribution in [0.1, 0.15) is 24.0 Å². The van der Waals surface area contributed by atoms with Gasteiger partial charge in [0.15, 0.2) is 5.60 Å². The number of carbonyl (C=O) groups excluding carboxylic acids is 1. The van der Waals surface area contributed by atoms with Crippen molar-refractivity contribution in [2.45, 2.75) is 30.4 Å². The Morgan fingerprint density at radius 1 is 0.794 bits per heavy atom. The summed E-state index contributed by atoms with van der Waals surface area (Å²) in [6.45, 7) is 0. The highest BCUT2D eigenvalue weighted by molar-refractivity contribution is 5.80. The molecule has 3 aromatic carbocycles. The molecule has 8 heteroatoms. The van der Waals surface area contributed by atoms with Gasteiger partial charge in [-0.2, -0.15) is 0 Å². The summed E-state index contributed by atoms with van der Waals surface area (Å²) < 4.78 is 0. The fourth-order valence-electron chi connectivity index (χ4n) is 4.18. The smallest absolute Gasteiger partial charge is 0.336 e. The molecule has 8 nitrogen and oxygen atoms in total. The van der Waals surface area contributed by atoms with E-state index in [-0.39, 0.29) is 6.42 Å². The second kappa shape index (κ2) is 10.2. The Bertz CT molecular complexity index is 1130. The maximum absolute atomic E-state index is 12.2. The van der Waals surface area contributed by atoms with E-state index in [0.717, 1.165) is 11.1 Å². The summed E-state index contributed by atoms with van der Waals surface area (Å²) in [5.74, 6) is -2.84. The summed E-state index contributed by atoms with van der Waals surface area (Å²) in [5.41, 5.74) is 3.82. The number of amides is 2. The van der Waals surface area contributed by atoms with Crippen molar-refractivity contribution in [1.82, 2.24) is 5.32 Å². The summed E-state index contributed by atoms with van der Waals surface area (Å²) in [6.07, 6.45) is -1.61. The highest BCUT2D eigenvalue weighted by atomic mass is 16.4. The molecule has 0 aromatic heterocycles. The minimum Gasteiger partial charge on any atom is -0.481 e. The predicted octanol–water partition coefficient (Wildman–Crippen LogP) is 3.14. The van der Waals surface area contributed by atoms with Gasteiger partial charge in [-0.1, -0.05) is 84.9 Å². The molecule has 0 radical (unpaired) electrons. The van der Waals surface area contributed by atoms with Gasteiger partial charge in [-0.15, -0.1) is 0 Å². The van der Waals surface area contributed by atoms with Crippen LogP contribution in [0.15, 0.2) is 84.9 Å². The molecule has 0 saturated carbocycles. The topological polar surface area (TPSA) is 150 Å². The summed E-state index contributed by atoms with van der Waals surface area (Å²) in [7, 11) is 0. The number of nitrogens with one attached hydrogen (secondary N) is 1. The predicted molar refractivity (Wildman–Crippen MR) is 126 cm³/mol. The molecule has 0 aliphatic carbocycles. The molecule has 0 fully saturated rings. The molecule has 34 heavy (non-hydrogen) atoms. The van der Waals surface area contributed by atoms with Crippen molar-refractivity contribution >= 4 is 18.0 Å². The molecule has 3 aromatic rings. The molecule has 176 valence electrons. The van der Waals surface area contributed by atoms with Gasteiger partial charge >= 0.3 is 18.0 Å². The van der Waals surface area contributed by atoms with Gasteiger partial charge in [-0.25, -0.2) is 9.59 Å². The Morgan fingerprint density at radius 3 is 1.82 bits per heavy atom. The number of primary amides is 1. The van der Waals surface area contributed by atoms with E-state index in [1.54, 1.807) is 54.6 Å². The maximum atomic E-state index is 12.2. The van der Waals surface area contributed by atoms with Crippen molar-refractivity contribution in [2.75, 3.05) is 0 Å². The minimum atomic E-state index is -2.39. The van der Waals surface area contributed by atoms with E-state index in [1.165, 1.54) is 0 Å². The average molecular weight is 463 g/mol. The van der Waals surface area contributed by atoms with E-state index in [0.29, 0.717) is 11.1 Å². The summed E-state index contributed by atoms with van der Waals surface area (Å²) in [6, 6.07) is 23.6. The molecule has 2 amide bonds. The first-order valence-corrected chi connectivity index (χ1v) is 10.6. The average Bonchev–Trinajstić information content (AvgIpc) is 2.79. The minimum absolute atomic E-state index is 0.299. The van der Waals surface area contributed by atoms with Crippen LogP contribution in [-0.4, -0.2) is 38.9 Å². The number of rotatable bonds is 10. The molecular weight excluding hydrogens is 436 g/mol. The Kier molecular flexibility index (Phi) is 7.33. The number of carboxylic acids is 2. The first-order chi connectivity index (χ1) is 16.1. The largest absolute Gasteiger partial charge is 0.481 e. The number of benzene rings is 3. The van der Waals surface area contributed by atoms with Crippen LogP contribution in [-0.2, 0) is 21.5 Å². The molecule has 0 saturated heterocycles. The number of carbonyl (C=O) groups is 3. The lowest BCUT2D eigenvalue weighted by Gasteiger charge is -2.39. The molecule has 2 atom stereocenters. The van der Waals surface area contributed by atoms with Crippen LogP contribution in [0.25, 0.3) is 11.1 Å². The molecule has 0 aliphatic heterocycles. The van der Waals surface area contributed by atoms with Gasteiger partial charge in [0.2, 0.25) is 0 Å². The summed E-state index contributed by atoms with van der Waals surface area (Å²) in [5, 5.41) is 33.2. The third kappa shape index (κ3) is 5.79. The van der Waals surface area contributed by atoms with E-state index in [1.807, 2.05) is 30.3 Å². The van der Waals surface area contributed by atoms with Gasteiger partial charge in [0.1, 0.15) is 0 Å². The zero-order chi connectivity index (χ0) is 24.8. The Hall–Kier alpha value is -4.17. The van der Waals surface area contributed by atoms with Crippen LogP contribution in [0.4, 0.5) is 4.79 Å². The zero-order valence-corrected chi connectivity index (χ0v) is 18.3. The second-order valence-electron chi connectivity index (χ2n) is 8.26. The van der Waals surface area contributed by atoms with Gasteiger partial charge in [-0.05, 0) is 22.3 Å². The van der Waals surface area contributed by atoms with E-state index in [9.17, 15) is 29.7 Å². The van der Waals surface area contributed by atoms with Gasteiger partial charge < -0.3 is 26.4 Å². The van der Waals surface area contributed by atoms with Crippen molar-refractivity contribution in [2.24, 2.45) is 5.73 Å². The third-order valence-corrected chi connectivity index (χ3v) is 5.69. The van der Waals surface area contributed by atoms with E-state index in [4.69, 9.17) is 5.73 Å². The van der Waals surface area contributed by atoms with Crippen molar-refractivity contribution in [1.29, 1.82) is 0 Å². The van der Waals surface area contributed by atoms with Crippen molar-refractivity contribution in [3.63, 3.8) is 0 Å². The van der Waals surface area contributed by atoms with Crippen LogP contribution in [0, 0.1) is 0 Å². The number of aliphatic carboxylic acids is 2. The summed E-state index contributed by atoms with van der Waals surface area (Å²) >= 11 is 0. The standard InChI is InChI=1S/C26H26N2O6/c27-24(33)28-25(16-22(29)30,17-26(34,23(31)32)15-18-7-3-1-4-8-18)21-13-11-20(12-14-21)19-9-5-2-6-10-19/h1-14,34H,15-17H2,(H,29,30)(H,31,32)(H3,27,28,33)/t25?,26-/m0/s1. The van der Waals surface area contributed by atoms with Crippen LogP contribution in [0.5, 0.6) is 0 Å². The van der Waals surface area contributed by atoms with E-state index in [2.05, 4.69) is 5.32 Å². The quantitative estimate of drug-likeness (QED) is 0.312. The Balaban J connectivity index is 2.08. The number of hydrogen-bond acceptors (Lipinski definition) is 4. The van der Waals surface area contributed by atoms with Crippen molar-refractivity contribution in [3.8, 4) is 11.1 Å². The van der Waals surface area contributed by atoms with Gasteiger partial charge in [-0.3, -0.25) is 4.79 Å². The summed E-state index contributed by atoms with van der Waals surface area (Å²) in [4.78, 5) is 36.0. The number of nitrogens with two attached hydrogens (primary N) is 1. The molecule has 0 spiro atoms. The SMILES string of the molecule is NC(=O)NC(CC(=O)O)(C[C@@](O)(Cc1ccccc1)C(=O)O)c1ccc(-c2ccccc2)cc1. The third-order valence-electron chi connectivity index (χ3n) is 5.69. The van der Waals surface area contributed by atoms with Gasteiger partial charge in [0, 0.05) is 12.8 Å².